The van der Waals surface area contributed by atoms with Gasteiger partial charge >= 0.3 is 17.8 Å². The molecule has 198 valence electrons. The van der Waals surface area contributed by atoms with E-state index in [1.54, 1.807) is 31.2 Å². The fourth-order valence-corrected chi connectivity index (χ4v) is 3.94. The molecule has 1 aromatic heterocycles. The van der Waals surface area contributed by atoms with Gasteiger partial charge in [-0.2, -0.15) is 22.0 Å². The number of amidine groups is 1. The summed E-state index contributed by atoms with van der Waals surface area (Å²) in [7, 11) is 0. The van der Waals surface area contributed by atoms with Crippen molar-refractivity contribution in [3.63, 3.8) is 0 Å². The second kappa shape index (κ2) is 9.88. The molecule has 3 aromatic rings. The summed E-state index contributed by atoms with van der Waals surface area (Å²) in [5.74, 6) is -4.10. The molecule has 0 amide bonds. The molecule has 37 heavy (non-hydrogen) atoms. The van der Waals surface area contributed by atoms with Crippen molar-refractivity contribution < 1.29 is 27.1 Å². The molecule has 8 nitrogen and oxygen atoms in total. The van der Waals surface area contributed by atoms with Crippen LogP contribution in [-0.4, -0.2) is 49.7 Å². The minimum atomic E-state index is -4.98. The minimum absolute atomic E-state index is 0.163. The Labute approximate surface area is 212 Å². The third kappa shape index (κ3) is 5.68. The van der Waals surface area contributed by atoms with Crippen LogP contribution in [-0.2, 0) is 13.1 Å². The number of halogens is 6. The Morgan fingerprint density at radius 1 is 1.11 bits per heavy atom. The van der Waals surface area contributed by atoms with E-state index in [-0.39, 0.29) is 17.9 Å². The van der Waals surface area contributed by atoms with E-state index < -0.39 is 42.4 Å². The second-order valence-electron chi connectivity index (χ2n) is 8.57. The lowest BCUT2D eigenvalue weighted by atomic mass is 10.2. The van der Waals surface area contributed by atoms with Crippen molar-refractivity contribution in [1.82, 2.24) is 19.8 Å². The molecular formula is C23H22ClF5N6O2. The molecule has 0 saturated heterocycles. The van der Waals surface area contributed by atoms with Crippen LogP contribution in [0.3, 0.4) is 0 Å². The number of alkyl halides is 5. The van der Waals surface area contributed by atoms with E-state index in [1.165, 1.54) is 24.3 Å². The topological polar surface area (TPSA) is 87.7 Å². The lowest BCUT2D eigenvalue weighted by Crippen LogP contribution is -2.48. The summed E-state index contributed by atoms with van der Waals surface area (Å²) in [5, 5.41) is 15.2. The van der Waals surface area contributed by atoms with E-state index in [9.17, 15) is 31.9 Å². The van der Waals surface area contributed by atoms with Crippen molar-refractivity contribution in [1.29, 1.82) is 0 Å². The van der Waals surface area contributed by atoms with Crippen LogP contribution >= 0.6 is 11.6 Å². The molecule has 0 saturated carbocycles. The Bertz CT molecular complexity index is 1360. The standard InChI is InChI=1S/C23H22ClF5N6O2/c1-13-5-3-4-6-16(13)35-20(22(2,25)26)30-18(31-35)12-34-21(37)33(11-17(36)23(27,28)29)19(32-34)14-7-9-15(24)10-8-14/h3-10,17-18,31,36H,11-12H2,1-2H3/t17-,18?/m0/s1. The van der Waals surface area contributed by atoms with Crippen LogP contribution in [0.1, 0.15) is 12.5 Å². The third-order valence-corrected chi connectivity index (χ3v) is 5.87. The van der Waals surface area contributed by atoms with Gasteiger partial charge in [-0.15, -0.1) is 5.10 Å². The number of anilines is 1. The number of hydrogen-bond acceptors (Lipinski definition) is 6. The number of rotatable bonds is 7. The number of aryl methyl sites for hydroxylation is 1. The molecule has 1 aliphatic rings. The van der Waals surface area contributed by atoms with Gasteiger partial charge in [0.15, 0.2) is 17.8 Å². The molecule has 2 N–H and O–H groups in total. The fourth-order valence-electron chi connectivity index (χ4n) is 3.81. The largest absolute Gasteiger partial charge is 0.416 e. The van der Waals surface area contributed by atoms with Gasteiger partial charge in [0.2, 0.25) is 0 Å². The molecule has 0 spiro atoms. The first kappa shape index (κ1) is 26.8. The van der Waals surface area contributed by atoms with Crippen LogP contribution in [0.5, 0.6) is 0 Å². The Morgan fingerprint density at radius 3 is 2.35 bits per heavy atom. The lowest BCUT2D eigenvalue weighted by Gasteiger charge is -2.25. The Morgan fingerprint density at radius 2 is 1.76 bits per heavy atom. The second-order valence-corrected chi connectivity index (χ2v) is 9.01. The summed E-state index contributed by atoms with van der Waals surface area (Å²) in [5.41, 5.74) is 3.19. The van der Waals surface area contributed by atoms with Gasteiger partial charge in [0.25, 0.3) is 0 Å². The molecule has 1 unspecified atom stereocenters. The maximum atomic E-state index is 14.4. The van der Waals surface area contributed by atoms with E-state index in [1.807, 2.05) is 0 Å². The minimum Gasteiger partial charge on any atom is -0.382 e. The number of hydrazine groups is 1. The molecule has 1 aliphatic heterocycles. The van der Waals surface area contributed by atoms with Gasteiger partial charge in [0.05, 0.1) is 18.8 Å². The zero-order valence-corrected chi connectivity index (χ0v) is 20.3. The summed E-state index contributed by atoms with van der Waals surface area (Å²) in [6, 6.07) is 12.6. The summed E-state index contributed by atoms with van der Waals surface area (Å²) in [6.07, 6.45) is -8.91. The number of benzene rings is 2. The van der Waals surface area contributed by atoms with Crippen LogP contribution in [0, 0.1) is 6.92 Å². The van der Waals surface area contributed by atoms with E-state index >= 15 is 0 Å². The van der Waals surface area contributed by atoms with E-state index in [2.05, 4.69) is 15.5 Å². The number of nitrogens with zero attached hydrogens (tertiary/aromatic N) is 5. The molecule has 0 bridgehead atoms. The third-order valence-electron chi connectivity index (χ3n) is 5.62. The van der Waals surface area contributed by atoms with Gasteiger partial charge < -0.3 is 5.11 Å². The zero-order valence-electron chi connectivity index (χ0n) is 19.5. The van der Waals surface area contributed by atoms with Gasteiger partial charge in [-0.25, -0.2) is 19.9 Å². The number of aliphatic hydroxyl groups excluding tert-OH is 1. The summed E-state index contributed by atoms with van der Waals surface area (Å²) in [4.78, 5) is 17.1. The zero-order chi connectivity index (χ0) is 27.1. The molecule has 0 radical (unpaired) electrons. The first-order chi connectivity index (χ1) is 17.3. The number of para-hydroxylation sites is 1. The van der Waals surface area contributed by atoms with E-state index in [0.717, 1.165) is 9.69 Å². The van der Waals surface area contributed by atoms with Crippen molar-refractivity contribution in [2.75, 3.05) is 5.01 Å². The molecule has 2 atom stereocenters. The SMILES string of the molecule is Cc1ccccc1N1NC(Cn2nc(-c3ccc(Cl)cc3)n(C[C@H](O)C(F)(F)F)c2=O)N=C1C(C)(F)F. The van der Waals surface area contributed by atoms with E-state index in [4.69, 9.17) is 11.6 Å². The highest BCUT2D eigenvalue weighted by Gasteiger charge is 2.42. The molecule has 4 rings (SSSR count). The monoisotopic (exact) mass is 544 g/mol. The van der Waals surface area contributed by atoms with Crippen molar-refractivity contribution in [2.45, 2.75) is 51.3 Å². The van der Waals surface area contributed by atoms with Crippen LogP contribution in [0.25, 0.3) is 11.4 Å². The Kier molecular flexibility index (Phi) is 7.14. The highest BCUT2D eigenvalue weighted by atomic mass is 35.5. The van der Waals surface area contributed by atoms with Crippen LogP contribution in [0.15, 0.2) is 58.3 Å². The highest BCUT2D eigenvalue weighted by Crippen LogP contribution is 2.29. The first-order valence-corrected chi connectivity index (χ1v) is 11.4. The van der Waals surface area contributed by atoms with Crippen molar-refractivity contribution in [2.24, 2.45) is 4.99 Å². The van der Waals surface area contributed by atoms with Crippen LogP contribution in [0.2, 0.25) is 5.02 Å². The van der Waals surface area contributed by atoms with Crippen molar-refractivity contribution >= 4 is 23.1 Å². The number of aliphatic hydroxyl groups is 1. The number of nitrogens with one attached hydrogen (secondary N) is 1. The van der Waals surface area contributed by atoms with E-state index in [0.29, 0.717) is 27.8 Å². The van der Waals surface area contributed by atoms with Gasteiger partial charge in [-0.1, -0.05) is 29.8 Å². The van der Waals surface area contributed by atoms with Gasteiger partial charge in [-0.05, 0) is 42.8 Å². The summed E-state index contributed by atoms with van der Waals surface area (Å²) < 4.78 is 69.5. The molecule has 0 fully saturated rings. The molecule has 2 aromatic carbocycles. The molecule has 2 heterocycles. The van der Waals surface area contributed by atoms with Gasteiger partial charge in [0.1, 0.15) is 6.17 Å². The predicted octanol–water partition coefficient (Wildman–Crippen LogP) is 4.00. The number of aromatic nitrogens is 3. The van der Waals surface area contributed by atoms with Crippen LogP contribution < -0.4 is 16.1 Å². The van der Waals surface area contributed by atoms with Crippen molar-refractivity contribution in [3.8, 4) is 11.4 Å². The Balaban J connectivity index is 1.71. The Hall–Kier alpha value is -3.29. The van der Waals surface area contributed by atoms with Crippen molar-refractivity contribution in [3.05, 3.63) is 69.6 Å². The van der Waals surface area contributed by atoms with Gasteiger partial charge in [-0.3, -0.25) is 9.58 Å². The first-order valence-electron chi connectivity index (χ1n) is 11.0. The lowest BCUT2D eigenvalue weighted by molar-refractivity contribution is -0.207. The maximum absolute atomic E-state index is 14.4. The maximum Gasteiger partial charge on any atom is 0.416 e. The molecule has 0 aliphatic carbocycles. The van der Waals surface area contributed by atoms with Crippen LogP contribution in [0.4, 0.5) is 27.6 Å². The summed E-state index contributed by atoms with van der Waals surface area (Å²) in [6.45, 7) is 0.914. The normalized spacial score (nSPS) is 17.3. The average molecular weight is 545 g/mol. The number of hydrogen-bond donors (Lipinski definition) is 2. The predicted molar refractivity (Wildman–Crippen MR) is 128 cm³/mol. The quantitative estimate of drug-likeness (QED) is 0.439. The average Bonchev–Trinajstić information content (AvgIpc) is 3.36. The molecular weight excluding hydrogens is 523 g/mol. The molecule has 14 heteroatoms. The highest BCUT2D eigenvalue weighted by molar-refractivity contribution is 6.30. The smallest absolute Gasteiger partial charge is 0.382 e. The summed E-state index contributed by atoms with van der Waals surface area (Å²) >= 11 is 5.89. The van der Waals surface area contributed by atoms with Gasteiger partial charge in [0, 0.05) is 17.5 Å². The fraction of sp³-hybridized carbons (Fsp3) is 0.348. The number of aliphatic imine (C=N–C) groups is 1.